The van der Waals surface area contributed by atoms with Crippen molar-refractivity contribution in [2.45, 2.75) is 26.4 Å². The fourth-order valence-corrected chi connectivity index (χ4v) is 3.15. The first-order valence-electron chi connectivity index (χ1n) is 9.01. The maximum Gasteiger partial charge on any atom is 0.225 e. The Morgan fingerprint density at radius 2 is 1.68 bits per heavy atom. The molecule has 3 rings (SSSR count). The van der Waals surface area contributed by atoms with Crippen LogP contribution in [0.25, 0.3) is 0 Å². The van der Waals surface area contributed by atoms with Crippen molar-refractivity contribution in [2.24, 2.45) is 5.92 Å². The van der Waals surface area contributed by atoms with Crippen LogP contribution in [-0.2, 0) is 6.54 Å². The molecule has 1 saturated heterocycles. The van der Waals surface area contributed by atoms with Crippen LogP contribution in [0.1, 0.15) is 31.0 Å². The Morgan fingerprint density at radius 3 is 2.28 bits per heavy atom. The lowest BCUT2D eigenvalue weighted by Crippen LogP contribution is -2.45. The van der Waals surface area contributed by atoms with E-state index in [2.05, 4.69) is 63.1 Å². The van der Waals surface area contributed by atoms with Crippen LogP contribution >= 0.6 is 0 Å². The van der Waals surface area contributed by atoms with E-state index in [1.165, 1.54) is 5.56 Å². The summed E-state index contributed by atoms with van der Waals surface area (Å²) in [7, 11) is 2.15. The van der Waals surface area contributed by atoms with Gasteiger partial charge in [0.25, 0.3) is 0 Å². The van der Waals surface area contributed by atoms with Gasteiger partial charge in [-0.05, 0) is 30.7 Å². The van der Waals surface area contributed by atoms with Gasteiger partial charge >= 0.3 is 0 Å². The normalized spacial score (nSPS) is 17.0. The average molecular weight is 340 g/mol. The van der Waals surface area contributed by atoms with Gasteiger partial charge in [0.05, 0.1) is 0 Å². The molecule has 0 aliphatic carbocycles. The Labute approximate surface area is 150 Å². The van der Waals surface area contributed by atoms with Gasteiger partial charge in [-0.25, -0.2) is 9.97 Å². The molecule has 0 amide bonds. The minimum Gasteiger partial charge on any atom is -0.338 e. The van der Waals surface area contributed by atoms with Crippen LogP contribution in [-0.4, -0.2) is 53.1 Å². The molecule has 1 unspecified atom stereocenters. The van der Waals surface area contributed by atoms with E-state index in [4.69, 9.17) is 0 Å². The van der Waals surface area contributed by atoms with Crippen molar-refractivity contribution in [1.82, 2.24) is 25.2 Å². The van der Waals surface area contributed by atoms with Gasteiger partial charge in [0.2, 0.25) is 5.95 Å². The molecule has 2 aromatic rings. The van der Waals surface area contributed by atoms with E-state index in [1.54, 1.807) is 0 Å². The van der Waals surface area contributed by atoms with E-state index < -0.39 is 0 Å². The summed E-state index contributed by atoms with van der Waals surface area (Å²) < 4.78 is 0. The van der Waals surface area contributed by atoms with Crippen LogP contribution in [0.2, 0.25) is 0 Å². The Kier molecular flexibility index (Phi) is 5.94. The Hall–Kier alpha value is -2.05. The largest absolute Gasteiger partial charge is 0.338 e. The van der Waals surface area contributed by atoms with E-state index in [1.807, 2.05) is 24.8 Å². The van der Waals surface area contributed by atoms with Crippen LogP contribution in [0.5, 0.6) is 0 Å². The number of rotatable bonds is 6. The number of likely N-dealkylation sites (N-methyl/N-ethyl adjacent to an activating group) is 1. The molecule has 1 atom stereocenters. The third-order valence-corrected chi connectivity index (χ3v) is 4.74. The number of hydrogen-bond donors (Lipinski definition) is 1. The lowest BCUT2D eigenvalue weighted by atomic mass is 9.97. The second-order valence-corrected chi connectivity index (χ2v) is 7.06. The molecule has 2 aromatic heterocycles. The topological polar surface area (TPSA) is 57.2 Å². The van der Waals surface area contributed by atoms with Crippen LogP contribution in [0.4, 0.5) is 5.95 Å². The van der Waals surface area contributed by atoms with Gasteiger partial charge in [0.1, 0.15) is 0 Å². The van der Waals surface area contributed by atoms with Gasteiger partial charge in [-0.15, -0.1) is 0 Å². The van der Waals surface area contributed by atoms with Crippen molar-refractivity contribution < 1.29 is 0 Å². The first-order chi connectivity index (χ1) is 12.1. The molecule has 1 fully saturated rings. The molecule has 0 radical (unpaired) electrons. The van der Waals surface area contributed by atoms with Crippen molar-refractivity contribution in [3.05, 3.63) is 48.0 Å². The summed E-state index contributed by atoms with van der Waals surface area (Å²) >= 11 is 0. The summed E-state index contributed by atoms with van der Waals surface area (Å²) in [5.41, 5.74) is 2.37. The molecular formula is C19H28N6. The lowest BCUT2D eigenvalue weighted by molar-refractivity contribution is 0.311. The highest BCUT2D eigenvalue weighted by Gasteiger charge is 2.17. The molecule has 134 valence electrons. The fourth-order valence-electron chi connectivity index (χ4n) is 3.15. The van der Waals surface area contributed by atoms with Crippen LogP contribution in [0.15, 0.2) is 36.9 Å². The molecule has 0 aromatic carbocycles. The Bertz CT molecular complexity index is 635. The van der Waals surface area contributed by atoms with Crippen molar-refractivity contribution in [2.75, 3.05) is 38.1 Å². The SMILES string of the molecule is CC(C)C(NCc1cnc(N2CCN(C)CC2)nc1)c1ccncc1. The van der Waals surface area contributed by atoms with Gasteiger partial charge in [0.15, 0.2) is 0 Å². The average Bonchev–Trinajstić information content (AvgIpc) is 2.64. The smallest absolute Gasteiger partial charge is 0.225 e. The maximum atomic E-state index is 4.57. The Morgan fingerprint density at radius 1 is 1.04 bits per heavy atom. The third-order valence-electron chi connectivity index (χ3n) is 4.74. The molecule has 0 spiro atoms. The standard InChI is InChI=1S/C19H28N6/c1-15(2)18(17-4-6-20-7-5-17)21-12-16-13-22-19(23-14-16)25-10-8-24(3)9-11-25/h4-7,13-15,18,21H,8-12H2,1-3H3. The zero-order valence-electron chi connectivity index (χ0n) is 15.4. The lowest BCUT2D eigenvalue weighted by Gasteiger charge is -2.32. The number of pyridine rings is 1. The van der Waals surface area contributed by atoms with Crippen LogP contribution in [0, 0.1) is 5.92 Å². The highest BCUT2D eigenvalue weighted by atomic mass is 15.3. The fraction of sp³-hybridized carbons (Fsp3) is 0.526. The monoisotopic (exact) mass is 340 g/mol. The van der Waals surface area contributed by atoms with Gasteiger partial charge in [-0.1, -0.05) is 13.8 Å². The molecule has 25 heavy (non-hydrogen) atoms. The quantitative estimate of drug-likeness (QED) is 0.869. The third kappa shape index (κ3) is 4.74. The zero-order valence-corrected chi connectivity index (χ0v) is 15.4. The van der Waals surface area contributed by atoms with Crippen molar-refractivity contribution in [3.8, 4) is 0 Å². The molecule has 1 aliphatic rings. The van der Waals surface area contributed by atoms with E-state index in [-0.39, 0.29) is 0 Å². The minimum absolute atomic E-state index is 0.292. The number of nitrogens with zero attached hydrogens (tertiary/aromatic N) is 5. The minimum atomic E-state index is 0.292. The second-order valence-electron chi connectivity index (χ2n) is 7.06. The number of anilines is 1. The molecule has 3 heterocycles. The van der Waals surface area contributed by atoms with Crippen LogP contribution in [0.3, 0.4) is 0 Å². The highest BCUT2D eigenvalue weighted by molar-refractivity contribution is 5.30. The predicted octanol–water partition coefficient (Wildman–Crippen LogP) is 2.11. The number of hydrogen-bond acceptors (Lipinski definition) is 6. The van der Waals surface area contributed by atoms with Gasteiger partial charge in [0, 0.05) is 69.1 Å². The summed E-state index contributed by atoms with van der Waals surface area (Å²) in [5, 5.41) is 3.63. The predicted molar refractivity (Wildman–Crippen MR) is 100 cm³/mol. The number of nitrogens with one attached hydrogen (secondary N) is 1. The summed E-state index contributed by atoms with van der Waals surface area (Å²) in [4.78, 5) is 17.8. The van der Waals surface area contributed by atoms with Gasteiger partial charge < -0.3 is 15.1 Å². The molecule has 6 heteroatoms. The first kappa shape index (κ1) is 17.8. The molecule has 1 aliphatic heterocycles. The van der Waals surface area contributed by atoms with E-state index in [0.29, 0.717) is 12.0 Å². The number of aromatic nitrogens is 3. The van der Waals surface area contributed by atoms with Crippen molar-refractivity contribution in [1.29, 1.82) is 0 Å². The summed E-state index contributed by atoms with van der Waals surface area (Å²) in [6, 6.07) is 4.44. The highest BCUT2D eigenvalue weighted by Crippen LogP contribution is 2.21. The first-order valence-corrected chi connectivity index (χ1v) is 9.01. The molecule has 1 N–H and O–H groups in total. The van der Waals surface area contributed by atoms with Crippen LogP contribution < -0.4 is 10.2 Å². The zero-order chi connectivity index (χ0) is 17.6. The van der Waals surface area contributed by atoms with Crippen molar-refractivity contribution >= 4 is 5.95 Å². The van der Waals surface area contributed by atoms with Gasteiger partial charge in [-0.2, -0.15) is 0 Å². The molecule has 6 nitrogen and oxygen atoms in total. The molecular weight excluding hydrogens is 312 g/mol. The van der Waals surface area contributed by atoms with Crippen molar-refractivity contribution in [3.63, 3.8) is 0 Å². The molecule has 0 bridgehead atoms. The summed E-state index contributed by atoms with van der Waals surface area (Å²) in [5.74, 6) is 1.33. The summed E-state index contributed by atoms with van der Waals surface area (Å²) in [6.45, 7) is 9.32. The number of piperazine rings is 1. The van der Waals surface area contributed by atoms with E-state index in [9.17, 15) is 0 Å². The Balaban J connectivity index is 1.59. The summed E-state index contributed by atoms with van der Waals surface area (Å²) in [6.07, 6.45) is 7.58. The maximum absolute atomic E-state index is 4.57. The second kappa shape index (κ2) is 8.36. The van der Waals surface area contributed by atoms with E-state index in [0.717, 1.165) is 44.2 Å². The molecule has 0 saturated carbocycles. The van der Waals surface area contributed by atoms with E-state index >= 15 is 0 Å². The van der Waals surface area contributed by atoms with Gasteiger partial charge in [-0.3, -0.25) is 4.98 Å².